The normalized spacial score (nSPS) is 15.4. The summed E-state index contributed by atoms with van der Waals surface area (Å²) in [4.78, 5) is 0. The van der Waals surface area contributed by atoms with Gasteiger partial charge in [0.2, 0.25) is 0 Å². The van der Waals surface area contributed by atoms with Gasteiger partial charge < -0.3 is 0 Å². The molecule has 0 nitrogen and oxygen atoms in total. The van der Waals surface area contributed by atoms with Crippen LogP contribution in [-0.4, -0.2) is 4.11 Å². The molecule has 0 atom stereocenters. The quantitative estimate of drug-likeness (QED) is 0.598. The predicted molar refractivity (Wildman–Crippen MR) is 96.5 cm³/mol. The Morgan fingerprint density at radius 1 is 0.913 bits per heavy atom. The van der Waals surface area contributed by atoms with Gasteiger partial charge in [0.15, 0.2) is 0 Å². The molecule has 0 aliphatic heterocycles. The van der Waals surface area contributed by atoms with Gasteiger partial charge in [-0.05, 0) is 0 Å². The number of benzene rings is 2. The van der Waals surface area contributed by atoms with E-state index in [2.05, 4.69) is 81.5 Å². The van der Waals surface area contributed by atoms with Gasteiger partial charge in [0.25, 0.3) is 0 Å². The van der Waals surface area contributed by atoms with E-state index in [-0.39, 0.29) is 0 Å². The maximum absolute atomic E-state index is 2.50. The van der Waals surface area contributed by atoms with Crippen molar-refractivity contribution < 1.29 is 15.5 Å². The predicted octanol–water partition coefficient (Wildman–Crippen LogP) is 5.82. The summed E-state index contributed by atoms with van der Waals surface area (Å²) in [5.74, 6) is 0. The Labute approximate surface area is 144 Å². The third-order valence-corrected chi connectivity index (χ3v) is 15.6. The zero-order chi connectivity index (χ0) is 16.0. The molecule has 4 rings (SSSR count). The van der Waals surface area contributed by atoms with Gasteiger partial charge in [-0.25, -0.2) is 0 Å². The van der Waals surface area contributed by atoms with Crippen LogP contribution in [0, 0.1) is 0 Å². The summed E-state index contributed by atoms with van der Waals surface area (Å²) < 4.78 is 4.16. The molecule has 0 heterocycles. The van der Waals surface area contributed by atoms with Gasteiger partial charge in [0.05, 0.1) is 0 Å². The van der Waals surface area contributed by atoms with Crippen LogP contribution in [-0.2, 0) is 15.5 Å². The molecule has 2 aliphatic rings. The van der Waals surface area contributed by atoms with E-state index in [0.717, 1.165) is 0 Å². The van der Waals surface area contributed by atoms with Gasteiger partial charge in [0.1, 0.15) is 0 Å². The van der Waals surface area contributed by atoms with Crippen molar-refractivity contribution in [3.63, 3.8) is 0 Å². The summed E-state index contributed by atoms with van der Waals surface area (Å²) in [6.45, 7) is 7.02. The summed E-state index contributed by atoms with van der Waals surface area (Å²) in [6.07, 6.45) is 6.10. The topological polar surface area (TPSA) is 0 Å². The van der Waals surface area contributed by atoms with E-state index in [9.17, 15) is 0 Å². The average Bonchev–Trinajstić information content (AvgIpc) is 3.11. The summed E-state index contributed by atoms with van der Waals surface area (Å²) in [7, 11) is 0. The number of hydrogen-bond donors (Lipinski definition) is 0. The molecule has 0 N–H and O–H groups in total. The van der Waals surface area contributed by atoms with Crippen LogP contribution < -0.4 is 0 Å². The van der Waals surface area contributed by atoms with Gasteiger partial charge in [-0.2, -0.15) is 0 Å². The Bertz CT molecular complexity index is 831. The first-order chi connectivity index (χ1) is 11.2. The van der Waals surface area contributed by atoms with Crippen LogP contribution in [0.1, 0.15) is 42.8 Å². The van der Waals surface area contributed by atoms with Crippen molar-refractivity contribution in [1.29, 1.82) is 0 Å². The van der Waals surface area contributed by atoms with E-state index in [4.69, 9.17) is 0 Å². The second-order valence-corrected chi connectivity index (χ2v) is 16.5. The van der Waals surface area contributed by atoms with Crippen LogP contribution in [0.3, 0.4) is 0 Å². The van der Waals surface area contributed by atoms with E-state index in [0.29, 0.717) is 4.51 Å². The van der Waals surface area contributed by atoms with Crippen LogP contribution in [0.2, 0.25) is 0 Å². The SMILES string of the molecule is CC1=CC[C]([Zn](=[C](C)C)[CH]2c3ccccc3-c3ccccc32)=C1. The van der Waals surface area contributed by atoms with Gasteiger partial charge in [-0.3, -0.25) is 0 Å². The average molecular weight is 352 g/mol. The summed E-state index contributed by atoms with van der Waals surface area (Å²) >= 11 is -2.05. The molecule has 2 aromatic rings. The fourth-order valence-electron chi connectivity index (χ4n) is 4.82. The molecule has 0 amide bonds. The molecule has 0 saturated heterocycles. The van der Waals surface area contributed by atoms with Crippen molar-refractivity contribution in [3.05, 3.63) is 81.6 Å². The van der Waals surface area contributed by atoms with Gasteiger partial charge in [0, 0.05) is 0 Å². The third-order valence-electron chi connectivity index (χ3n) is 5.74. The van der Waals surface area contributed by atoms with Gasteiger partial charge >= 0.3 is 144 Å². The molecule has 112 valence electrons. The molecule has 2 aromatic carbocycles. The minimum atomic E-state index is -2.05. The molecule has 0 spiro atoms. The Morgan fingerprint density at radius 3 is 1.96 bits per heavy atom. The minimum absolute atomic E-state index is 0.665. The fourth-order valence-corrected chi connectivity index (χ4v) is 15.0. The van der Waals surface area contributed by atoms with Crippen molar-refractivity contribution in [2.75, 3.05) is 0 Å². The van der Waals surface area contributed by atoms with Crippen molar-refractivity contribution >= 4 is 4.11 Å². The van der Waals surface area contributed by atoms with E-state index < -0.39 is 15.5 Å². The van der Waals surface area contributed by atoms with Crippen LogP contribution in [0.5, 0.6) is 0 Å². The van der Waals surface area contributed by atoms with Crippen LogP contribution in [0.25, 0.3) is 11.1 Å². The van der Waals surface area contributed by atoms with Gasteiger partial charge in [-0.1, -0.05) is 0 Å². The first-order valence-corrected chi connectivity index (χ1v) is 13.4. The van der Waals surface area contributed by atoms with Crippen LogP contribution >= 0.6 is 0 Å². The molecular weight excluding hydrogens is 330 g/mol. The van der Waals surface area contributed by atoms with Crippen LogP contribution in [0.15, 0.2) is 70.4 Å². The summed E-state index contributed by atoms with van der Waals surface area (Å²) in [5, 5.41) is 0. The number of rotatable bonds is 2. The van der Waals surface area contributed by atoms with Crippen molar-refractivity contribution in [1.82, 2.24) is 0 Å². The summed E-state index contributed by atoms with van der Waals surface area (Å²) in [5.41, 5.74) is 7.57. The zero-order valence-corrected chi connectivity index (χ0v) is 17.2. The maximum atomic E-state index is 2.50. The Hall–Kier alpha value is -1.59. The molecular formula is C22H22Zn. The Morgan fingerprint density at radius 2 is 1.48 bits per heavy atom. The zero-order valence-electron chi connectivity index (χ0n) is 14.3. The number of hydrogen-bond acceptors (Lipinski definition) is 0. The Kier molecular flexibility index (Phi) is 3.78. The monoisotopic (exact) mass is 350 g/mol. The molecule has 0 saturated carbocycles. The van der Waals surface area contributed by atoms with E-state index in [1.54, 1.807) is 19.4 Å². The summed E-state index contributed by atoms with van der Waals surface area (Å²) in [6, 6.07) is 18.2. The van der Waals surface area contributed by atoms with Gasteiger partial charge in [-0.15, -0.1) is 0 Å². The number of allylic oxidation sites excluding steroid dienone is 4. The molecule has 0 bridgehead atoms. The first kappa shape index (κ1) is 15.0. The molecule has 0 fully saturated rings. The van der Waals surface area contributed by atoms with E-state index in [1.807, 2.05) is 0 Å². The van der Waals surface area contributed by atoms with Crippen molar-refractivity contribution in [3.8, 4) is 11.1 Å². The van der Waals surface area contributed by atoms with Crippen LogP contribution in [0.4, 0.5) is 0 Å². The molecule has 0 aromatic heterocycles. The second kappa shape index (κ2) is 5.80. The third kappa shape index (κ3) is 2.43. The van der Waals surface area contributed by atoms with Crippen molar-refractivity contribution in [2.45, 2.75) is 31.7 Å². The van der Waals surface area contributed by atoms with E-state index in [1.165, 1.54) is 23.1 Å². The Balaban J connectivity index is 1.94. The molecule has 2 aliphatic carbocycles. The fraction of sp³-hybridized carbons (Fsp3) is 0.227. The number of fused-ring (bicyclic) bond motifs is 3. The van der Waals surface area contributed by atoms with E-state index >= 15 is 0 Å². The molecule has 23 heavy (non-hydrogen) atoms. The molecule has 1 heteroatoms. The van der Waals surface area contributed by atoms with Crippen molar-refractivity contribution in [2.24, 2.45) is 0 Å². The first-order valence-electron chi connectivity index (χ1n) is 8.73. The standard InChI is InChI=1S/C13H9.C6H7.C3H6.Zn/c1-3-7-12-10(5-1)9-11-6-2-4-8-13(11)12;1-6-4-2-3-5-6;1-3-2;/h1-9H;4-5H,2H2,1H3;1-2H3;. The molecule has 0 unspecified atom stereocenters. The molecule has 0 radical (unpaired) electrons. The second-order valence-electron chi connectivity index (χ2n) is 7.47.